The number of primary sulfonamides is 1. The zero-order valence-electron chi connectivity index (χ0n) is 7.38. The second-order valence-electron chi connectivity index (χ2n) is 2.84. The largest absolute Gasteiger partial charge is 0.272 e. The van der Waals surface area contributed by atoms with Gasteiger partial charge >= 0.3 is 0 Å². The highest BCUT2D eigenvalue weighted by atomic mass is 32.2. The van der Waals surface area contributed by atoms with Gasteiger partial charge in [0, 0.05) is 11.6 Å². The number of nitro benzene ring substituents is 1. The molecule has 82 valence electrons. The van der Waals surface area contributed by atoms with E-state index in [2.05, 4.69) is 0 Å². The molecule has 8 heteroatoms. The summed E-state index contributed by atoms with van der Waals surface area (Å²) in [6.07, 6.45) is 0. The Bertz CT molecular complexity index is 500. The molecule has 1 aromatic rings. The monoisotopic (exact) mass is 234 g/mol. The van der Waals surface area contributed by atoms with Crippen LogP contribution >= 0.6 is 0 Å². The van der Waals surface area contributed by atoms with E-state index in [9.17, 15) is 22.9 Å². The van der Waals surface area contributed by atoms with E-state index in [1.165, 1.54) is 0 Å². The fourth-order valence-corrected chi connectivity index (χ4v) is 1.65. The van der Waals surface area contributed by atoms with Gasteiger partial charge in [-0.25, -0.2) is 17.9 Å². The number of sulfonamides is 1. The standard InChI is InChI=1S/C7H7FN2O4S/c8-7-3-6(10(11)12)2-1-5(7)4-15(9,13)14/h1-3H,4H2,(H2,9,13,14). The summed E-state index contributed by atoms with van der Waals surface area (Å²) in [6, 6.07) is 2.70. The van der Waals surface area contributed by atoms with Crippen molar-refractivity contribution in [1.82, 2.24) is 0 Å². The predicted molar refractivity (Wildman–Crippen MR) is 49.9 cm³/mol. The third-order valence-electron chi connectivity index (χ3n) is 1.60. The molecule has 1 rings (SSSR count). The second kappa shape index (κ2) is 3.91. The van der Waals surface area contributed by atoms with Gasteiger partial charge in [0.15, 0.2) is 0 Å². The number of halogens is 1. The maximum Gasteiger partial charge on any atom is 0.272 e. The van der Waals surface area contributed by atoms with Crippen molar-refractivity contribution in [2.24, 2.45) is 5.14 Å². The summed E-state index contributed by atoms with van der Waals surface area (Å²) in [5, 5.41) is 15.0. The van der Waals surface area contributed by atoms with Crippen LogP contribution in [0.2, 0.25) is 0 Å². The molecule has 0 heterocycles. The summed E-state index contributed by atoms with van der Waals surface area (Å²) < 4.78 is 34.4. The summed E-state index contributed by atoms with van der Waals surface area (Å²) >= 11 is 0. The average Bonchev–Trinajstić information content (AvgIpc) is 2.05. The molecule has 0 aliphatic heterocycles. The molecule has 1 aromatic carbocycles. The molecule has 0 bridgehead atoms. The van der Waals surface area contributed by atoms with Gasteiger partial charge in [-0.3, -0.25) is 10.1 Å². The number of benzene rings is 1. The lowest BCUT2D eigenvalue weighted by atomic mass is 10.2. The van der Waals surface area contributed by atoms with Crippen molar-refractivity contribution < 1.29 is 17.7 Å². The number of nitrogens with two attached hydrogens (primary N) is 1. The second-order valence-corrected chi connectivity index (χ2v) is 4.45. The van der Waals surface area contributed by atoms with Crippen LogP contribution in [0.5, 0.6) is 0 Å². The molecular weight excluding hydrogens is 227 g/mol. The Morgan fingerprint density at radius 1 is 1.47 bits per heavy atom. The van der Waals surface area contributed by atoms with E-state index < -0.39 is 32.2 Å². The van der Waals surface area contributed by atoms with Crippen LogP contribution in [-0.4, -0.2) is 13.3 Å². The lowest BCUT2D eigenvalue weighted by Crippen LogP contribution is -2.15. The molecule has 0 radical (unpaired) electrons. The molecule has 2 N–H and O–H groups in total. The van der Waals surface area contributed by atoms with E-state index >= 15 is 0 Å². The average molecular weight is 234 g/mol. The molecule has 0 aliphatic carbocycles. The van der Waals surface area contributed by atoms with Crippen LogP contribution in [0.1, 0.15) is 5.56 Å². The molecule has 0 unspecified atom stereocenters. The van der Waals surface area contributed by atoms with Gasteiger partial charge in [0.2, 0.25) is 10.0 Å². The minimum atomic E-state index is -3.84. The first-order valence-corrected chi connectivity index (χ1v) is 5.44. The Morgan fingerprint density at radius 2 is 2.07 bits per heavy atom. The van der Waals surface area contributed by atoms with Gasteiger partial charge in [0.1, 0.15) is 5.82 Å². The van der Waals surface area contributed by atoms with Crippen LogP contribution in [0, 0.1) is 15.9 Å². The Kier molecular flexibility index (Phi) is 3.01. The number of hydrogen-bond donors (Lipinski definition) is 1. The van der Waals surface area contributed by atoms with Crippen LogP contribution < -0.4 is 5.14 Å². The zero-order chi connectivity index (χ0) is 11.6. The lowest BCUT2D eigenvalue weighted by molar-refractivity contribution is -0.385. The summed E-state index contributed by atoms with van der Waals surface area (Å²) in [4.78, 5) is 9.47. The van der Waals surface area contributed by atoms with Crippen LogP contribution in [0.15, 0.2) is 18.2 Å². The fraction of sp³-hybridized carbons (Fsp3) is 0.143. The number of nitro groups is 1. The van der Waals surface area contributed by atoms with E-state index in [0.717, 1.165) is 12.1 Å². The summed E-state index contributed by atoms with van der Waals surface area (Å²) in [7, 11) is -3.84. The topological polar surface area (TPSA) is 103 Å². The van der Waals surface area contributed by atoms with Crippen LogP contribution in [0.4, 0.5) is 10.1 Å². The first kappa shape index (κ1) is 11.5. The Balaban J connectivity index is 3.09. The van der Waals surface area contributed by atoms with E-state index in [-0.39, 0.29) is 5.56 Å². The number of hydrogen-bond acceptors (Lipinski definition) is 4. The number of nitrogens with zero attached hydrogens (tertiary/aromatic N) is 1. The van der Waals surface area contributed by atoms with Gasteiger partial charge in [-0.05, 0) is 6.07 Å². The minimum absolute atomic E-state index is 0.192. The highest BCUT2D eigenvalue weighted by Crippen LogP contribution is 2.17. The maximum absolute atomic E-state index is 13.1. The molecule has 0 amide bonds. The van der Waals surface area contributed by atoms with Crippen LogP contribution in [0.3, 0.4) is 0 Å². The molecular formula is C7H7FN2O4S. The van der Waals surface area contributed by atoms with Gasteiger partial charge in [-0.15, -0.1) is 0 Å². The van der Waals surface area contributed by atoms with E-state index in [1.807, 2.05) is 0 Å². The first-order valence-electron chi connectivity index (χ1n) is 3.73. The minimum Gasteiger partial charge on any atom is -0.258 e. The predicted octanol–water partition coefficient (Wildman–Crippen LogP) is 0.522. The molecule has 0 atom stereocenters. The molecule has 0 fully saturated rings. The first-order chi connectivity index (χ1) is 6.79. The SMILES string of the molecule is NS(=O)(=O)Cc1ccc([N+](=O)[O-])cc1F. The van der Waals surface area contributed by atoms with Crippen molar-refractivity contribution in [2.45, 2.75) is 5.75 Å². The molecule has 0 spiro atoms. The highest BCUT2D eigenvalue weighted by molar-refractivity contribution is 7.88. The normalized spacial score (nSPS) is 11.3. The van der Waals surface area contributed by atoms with E-state index in [1.54, 1.807) is 0 Å². The zero-order valence-corrected chi connectivity index (χ0v) is 8.20. The van der Waals surface area contributed by atoms with E-state index in [4.69, 9.17) is 5.14 Å². The van der Waals surface area contributed by atoms with Gasteiger partial charge in [-0.2, -0.15) is 0 Å². The summed E-state index contributed by atoms with van der Waals surface area (Å²) in [6.45, 7) is 0. The maximum atomic E-state index is 13.1. The Morgan fingerprint density at radius 3 is 2.47 bits per heavy atom. The van der Waals surface area contributed by atoms with Crippen molar-refractivity contribution in [2.75, 3.05) is 0 Å². The van der Waals surface area contributed by atoms with Crippen molar-refractivity contribution in [3.05, 3.63) is 39.7 Å². The van der Waals surface area contributed by atoms with Gasteiger partial charge in [-0.1, -0.05) is 0 Å². The number of rotatable bonds is 3. The third-order valence-corrected chi connectivity index (χ3v) is 2.32. The van der Waals surface area contributed by atoms with Gasteiger partial charge < -0.3 is 0 Å². The van der Waals surface area contributed by atoms with Crippen molar-refractivity contribution in [3.8, 4) is 0 Å². The Hall–Kier alpha value is -1.54. The van der Waals surface area contributed by atoms with Gasteiger partial charge in [0.25, 0.3) is 5.69 Å². The molecule has 6 nitrogen and oxygen atoms in total. The Labute approximate surface area is 84.7 Å². The molecule has 0 aromatic heterocycles. The quantitative estimate of drug-likeness (QED) is 0.608. The third kappa shape index (κ3) is 3.26. The van der Waals surface area contributed by atoms with Crippen LogP contribution in [0.25, 0.3) is 0 Å². The summed E-state index contributed by atoms with van der Waals surface area (Å²) in [5.74, 6) is -1.64. The highest BCUT2D eigenvalue weighted by Gasteiger charge is 2.14. The molecule has 0 saturated carbocycles. The van der Waals surface area contributed by atoms with Crippen molar-refractivity contribution >= 4 is 15.7 Å². The lowest BCUT2D eigenvalue weighted by Gasteiger charge is -2.00. The van der Waals surface area contributed by atoms with Crippen molar-refractivity contribution in [3.63, 3.8) is 0 Å². The van der Waals surface area contributed by atoms with Crippen molar-refractivity contribution in [1.29, 1.82) is 0 Å². The smallest absolute Gasteiger partial charge is 0.258 e. The van der Waals surface area contributed by atoms with E-state index in [0.29, 0.717) is 6.07 Å². The van der Waals surface area contributed by atoms with Crippen LogP contribution in [-0.2, 0) is 15.8 Å². The van der Waals surface area contributed by atoms with Gasteiger partial charge in [0.05, 0.1) is 16.7 Å². The number of non-ortho nitro benzene ring substituents is 1. The molecule has 15 heavy (non-hydrogen) atoms. The fourth-order valence-electron chi connectivity index (χ4n) is 0.984. The molecule has 0 aliphatic rings. The molecule has 0 saturated heterocycles. The summed E-state index contributed by atoms with van der Waals surface area (Å²) in [5.41, 5.74) is -0.631.